The van der Waals surface area contributed by atoms with E-state index in [1.54, 1.807) is 18.4 Å². The summed E-state index contributed by atoms with van der Waals surface area (Å²) in [5.41, 5.74) is 0.220. The fourth-order valence-corrected chi connectivity index (χ4v) is 0.790. The second kappa shape index (κ2) is 4.21. The van der Waals surface area contributed by atoms with Crippen LogP contribution in [0.3, 0.4) is 0 Å². The van der Waals surface area contributed by atoms with Gasteiger partial charge in [0.15, 0.2) is 0 Å². The summed E-state index contributed by atoms with van der Waals surface area (Å²) in [4.78, 5) is 21.1. The van der Waals surface area contributed by atoms with Crippen LogP contribution in [0.2, 0.25) is 0 Å². The van der Waals surface area contributed by atoms with Gasteiger partial charge in [-0.1, -0.05) is 18.7 Å². The highest BCUT2D eigenvalue weighted by Crippen LogP contribution is 2.15. The second-order valence-electron chi connectivity index (χ2n) is 2.22. The molecule has 0 unspecified atom stereocenters. The van der Waals surface area contributed by atoms with Crippen LogP contribution in [0.15, 0.2) is 36.9 Å². The number of hydrogen-bond acceptors (Lipinski definition) is 3. The molecule has 13 heavy (non-hydrogen) atoms. The maximum atomic E-state index is 10.8. The number of carbonyl (C=O) groups is 1. The summed E-state index contributed by atoms with van der Waals surface area (Å²) in [6.07, 6.45) is 2.69. The zero-order valence-electron chi connectivity index (χ0n) is 6.82. The molecule has 0 bridgehead atoms. The SMILES string of the molecule is C=CC(=O)Oc1ccccc1[C]=O. The first-order chi connectivity index (χ1) is 6.27. The van der Waals surface area contributed by atoms with E-state index in [1.165, 1.54) is 12.1 Å². The van der Waals surface area contributed by atoms with Gasteiger partial charge in [0.25, 0.3) is 0 Å². The molecule has 0 amide bonds. The molecule has 0 heterocycles. The normalized spacial score (nSPS) is 8.92. The summed E-state index contributed by atoms with van der Waals surface area (Å²) < 4.78 is 4.77. The van der Waals surface area contributed by atoms with E-state index >= 15 is 0 Å². The quantitative estimate of drug-likeness (QED) is 0.394. The Labute approximate surface area is 75.6 Å². The summed E-state index contributed by atoms with van der Waals surface area (Å²) in [5, 5.41) is 0. The average molecular weight is 175 g/mol. The standard InChI is InChI=1S/C10H7O3/c1-2-10(12)13-9-6-4-3-5-8(9)7-11/h2-6H,1H2. The molecule has 0 fully saturated rings. The van der Waals surface area contributed by atoms with Crippen molar-refractivity contribution in [3.8, 4) is 5.75 Å². The topological polar surface area (TPSA) is 43.4 Å². The van der Waals surface area contributed by atoms with Gasteiger partial charge in [0.05, 0.1) is 5.56 Å². The molecular formula is C10H7O3. The lowest BCUT2D eigenvalue weighted by molar-refractivity contribution is -0.128. The lowest BCUT2D eigenvalue weighted by Crippen LogP contribution is -2.04. The van der Waals surface area contributed by atoms with Crippen LogP contribution in [0.4, 0.5) is 0 Å². The Hall–Kier alpha value is -1.90. The molecular weight excluding hydrogens is 168 g/mol. The van der Waals surface area contributed by atoms with Crippen LogP contribution >= 0.6 is 0 Å². The largest absolute Gasteiger partial charge is 0.423 e. The fraction of sp³-hybridized carbons (Fsp3) is 0. The fourth-order valence-electron chi connectivity index (χ4n) is 0.790. The first-order valence-corrected chi connectivity index (χ1v) is 3.59. The van der Waals surface area contributed by atoms with Crippen LogP contribution in [0.1, 0.15) is 5.56 Å². The molecule has 0 aliphatic heterocycles. The van der Waals surface area contributed by atoms with Crippen molar-refractivity contribution in [2.24, 2.45) is 0 Å². The molecule has 0 aliphatic carbocycles. The van der Waals surface area contributed by atoms with Gasteiger partial charge in [-0.05, 0) is 12.1 Å². The van der Waals surface area contributed by atoms with Crippen molar-refractivity contribution in [1.29, 1.82) is 0 Å². The molecule has 0 spiro atoms. The van der Waals surface area contributed by atoms with E-state index in [0.717, 1.165) is 6.08 Å². The molecule has 3 heteroatoms. The van der Waals surface area contributed by atoms with Crippen LogP contribution in [-0.2, 0) is 9.59 Å². The third-order valence-electron chi connectivity index (χ3n) is 1.37. The molecule has 3 nitrogen and oxygen atoms in total. The van der Waals surface area contributed by atoms with Crippen molar-refractivity contribution < 1.29 is 14.3 Å². The number of para-hydroxylation sites is 1. The zero-order chi connectivity index (χ0) is 9.68. The highest BCUT2D eigenvalue weighted by Gasteiger charge is 2.04. The van der Waals surface area contributed by atoms with E-state index in [9.17, 15) is 9.59 Å². The van der Waals surface area contributed by atoms with Crippen molar-refractivity contribution >= 4 is 12.3 Å². The minimum Gasteiger partial charge on any atom is -0.423 e. The van der Waals surface area contributed by atoms with Gasteiger partial charge in [-0.3, -0.25) is 4.79 Å². The zero-order valence-corrected chi connectivity index (χ0v) is 6.82. The van der Waals surface area contributed by atoms with Crippen molar-refractivity contribution in [3.63, 3.8) is 0 Å². The van der Waals surface area contributed by atoms with Gasteiger partial charge in [0.1, 0.15) is 5.75 Å². The molecule has 0 aliphatic rings. The van der Waals surface area contributed by atoms with Gasteiger partial charge < -0.3 is 4.74 Å². The molecule has 1 rings (SSSR count). The lowest BCUT2D eigenvalue weighted by atomic mass is 10.2. The molecule has 0 saturated carbocycles. The average Bonchev–Trinajstić information content (AvgIpc) is 2.18. The Kier molecular flexibility index (Phi) is 2.97. The number of ether oxygens (including phenoxy) is 1. The van der Waals surface area contributed by atoms with Gasteiger partial charge in [-0.2, -0.15) is 0 Å². The van der Waals surface area contributed by atoms with Crippen LogP contribution in [-0.4, -0.2) is 12.3 Å². The van der Waals surface area contributed by atoms with Crippen LogP contribution < -0.4 is 4.74 Å². The van der Waals surface area contributed by atoms with E-state index in [4.69, 9.17) is 4.74 Å². The van der Waals surface area contributed by atoms with Crippen molar-refractivity contribution in [3.05, 3.63) is 42.5 Å². The minimum absolute atomic E-state index is 0.197. The Bertz CT molecular complexity index is 342. The molecule has 0 aromatic heterocycles. The Balaban J connectivity index is 2.93. The van der Waals surface area contributed by atoms with Gasteiger partial charge in [-0.25, -0.2) is 4.79 Å². The Morgan fingerprint density at radius 1 is 1.46 bits per heavy atom. The second-order valence-corrected chi connectivity index (χ2v) is 2.22. The number of benzene rings is 1. The van der Waals surface area contributed by atoms with E-state index in [-0.39, 0.29) is 11.3 Å². The predicted molar refractivity (Wildman–Crippen MR) is 47.1 cm³/mol. The van der Waals surface area contributed by atoms with E-state index < -0.39 is 5.97 Å². The summed E-state index contributed by atoms with van der Waals surface area (Å²) in [6.45, 7) is 3.24. The summed E-state index contributed by atoms with van der Waals surface area (Å²) in [6, 6.07) is 6.35. The van der Waals surface area contributed by atoms with Crippen molar-refractivity contribution in [1.82, 2.24) is 0 Å². The number of rotatable bonds is 3. The minimum atomic E-state index is -0.595. The first-order valence-electron chi connectivity index (χ1n) is 3.59. The Morgan fingerprint density at radius 2 is 2.15 bits per heavy atom. The third-order valence-corrected chi connectivity index (χ3v) is 1.37. The molecule has 65 valence electrons. The van der Waals surface area contributed by atoms with Crippen LogP contribution in [0.25, 0.3) is 0 Å². The third kappa shape index (κ3) is 2.27. The highest BCUT2D eigenvalue weighted by molar-refractivity contribution is 5.86. The predicted octanol–water partition coefficient (Wildman–Crippen LogP) is 1.24. The lowest BCUT2D eigenvalue weighted by Gasteiger charge is -2.01. The maximum Gasteiger partial charge on any atom is 0.335 e. The van der Waals surface area contributed by atoms with E-state index in [0.29, 0.717) is 0 Å². The number of hydrogen-bond donors (Lipinski definition) is 0. The van der Waals surface area contributed by atoms with Crippen LogP contribution in [0, 0.1) is 0 Å². The van der Waals surface area contributed by atoms with E-state index in [1.807, 2.05) is 0 Å². The smallest absolute Gasteiger partial charge is 0.335 e. The molecule has 1 aromatic carbocycles. The highest BCUT2D eigenvalue weighted by atomic mass is 16.5. The molecule has 1 radical (unpaired) electrons. The summed E-state index contributed by atoms with van der Waals surface area (Å²) >= 11 is 0. The Morgan fingerprint density at radius 3 is 2.77 bits per heavy atom. The summed E-state index contributed by atoms with van der Waals surface area (Å²) in [5.74, 6) is -0.398. The van der Waals surface area contributed by atoms with E-state index in [2.05, 4.69) is 6.58 Å². The van der Waals surface area contributed by atoms with Gasteiger partial charge in [0.2, 0.25) is 6.29 Å². The first kappa shape index (κ1) is 9.19. The maximum absolute atomic E-state index is 10.8. The monoisotopic (exact) mass is 175 g/mol. The van der Waals surface area contributed by atoms with Gasteiger partial charge in [-0.15, -0.1) is 0 Å². The van der Waals surface area contributed by atoms with Gasteiger partial charge in [0, 0.05) is 6.08 Å². The van der Waals surface area contributed by atoms with Crippen molar-refractivity contribution in [2.75, 3.05) is 0 Å². The number of esters is 1. The molecule has 0 N–H and O–H groups in total. The molecule has 0 atom stereocenters. The van der Waals surface area contributed by atoms with Crippen molar-refractivity contribution in [2.45, 2.75) is 0 Å². The van der Waals surface area contributed by atoms with Crippen LogP contribution in [0.5, 0.6) is 5.75 Å². The number of carbonyl (C=O) groups excluding carboxylic acids is 2. The van der Waals surface area contributed by atoms with Gasteiger partial charge >= 0.3 is 5.97 Å². The summed E-state index contributed by atoms with van der Waals surface area (Å²) in [7, 11) is 0. The molecule has 0 saturated heterocycles. The molecule has 1 aromatic rings.